The highest BCUT2D eigenvalue weighted by Gasteiger charge is 2.28. The van der Waals surface area contributed by atoms with Gasteiger partial charge in [0.15, 0.2) is 0 Å². The van der Waals surface area contributed by atoms with E-state index in [1.807, 2.05) is 41.1 Å². The van der Waals surface area contributed by atoms with Crippen molar-refractivity contribution in [2.45, 2.75) is 11.4 Å². The molecule has 0 radical (unpaired) electrons. The quantitative estimate of drug-likeness (QED) is 0.629. The van der Waals surface area contributed by atoms with Gasteiger partial charge in [0.2, 0.25) is 11.8 Å². The van der Waals surface area contributed by atoms with E-state index in [4.69, 9.17) is 0 Å². The number of para-hydroxylation sites is 1. The zero-order chi connectivity index (χ0) is 19.7. The molecule has 7 nitrogen and oxygen atoms in total. The molecule has 2 amide bonds. The minimum Gasteiger partial charge on any atom is -0.768 e. The zero-order valence-corrected chi connectivity index (χ0v) is 15.8. The summed E-state index contributed by atoms with van der Waals surface area (Å²) in [5.74, 6) is -0.292. The maximum absolute atomic E-state index is 12.7. The van der Waals surface area contributed by atoms with Crippen molar-refractivity contribution in [1.82, 2.24) is 9.47 Å². The number of benzene rings is 2. The summed E-state index contributed by atoms with van der Waals surface area (Å²) in [6.07, 6.45) is 1.88. The first-order valence-corrected chi connectivity index (χ1v) is 9.92. The number of hydrogen-bond donors (Lipinski definition) is 0. The molecule has 0 saturated carbocycles. The van der Waals surface area contributed by atoms with Crippen molar-refractivity contribution in [3.8, 4) is 0 Å². The van der Waals surface area contributed by atoms with Gasteiger partial charge in [-0.15, -0.1) is 0 Å². The molecular formula is C20H18N3O4S-. The van der Waals surface area contributed by atoms with Crippen LogP contribution in [0.4, 0.5) is 5.69 Å². The lowest BCUT2D eigenvalue weighted by molar-refractivity contribution is -0.137. The maximum atomic E-state index is 12.7. The van der Waals surface area contributed by atoms with Crippen LogP contribution in [-0.4, -0.2) is 49.7 Å². The number of rotatable bonds is 4. The second-order valence-electron chi connectivity index (χ2n) is 6.59. The van der Waals surface area contributed by atoms with Gasteiger partial charge in [0.25, 0.3) is 0 Å². The second-order valence-corrected chi connectivity index (χ2v) is 7.53. The van der Waals surface area contributed by atoms with E-state index in [0.29, 0.717) is 18.8 Å². The lowest BCUT2D eigenvalue weighted by atomic mass is 10.2. The Morgan fingerprint density at radius 1 is 1.04 bits per heavy atom. The van der Waals surface area contributed by atoms with Crippen LogP contribution >= 0.6 is 0 Å². The van der Waals surface area contributed by atoms with Crippen LogP contribution in [0.2, 0.25) is 0 Å². The molecule has 1 aliphatic rings. The molecule has 144 valence electrons. The lowest BCUT2D eigenvalue weighted by Gasteiger charge is -2.34. The van der Waals surface area contributed by atoms with Crippen molar-refractivity contribution in [2.24, 2.45) is 0 Å². The Kier molecular flexibility index (Phi) is 4.97. The van der Waals surface area contributed by atoms with Gasteiger partial charge in [-0.05, 0) is 52.9 Å². The van der Waals surface area contributed by atoms with E-state index >= 15 is 0 Å². The van der Waals surface area contributed by atoms with E-state index in [0.717, 1.165) is 10.9 Å². The Balaban J connectivity index is 1.42. The number of amides is 2. The molecule has 0 N–H and O–H groups in total. The van der Waals surface area contributed by atoms with Gasteiger partial charge in [0, 0.05) is 35.4 Å². The van der Waals surface area contributed by atoms with E-state index in [2.05, 4.69) is 0 Å². The van der Waals surface area contributed by atoms with Crippen LogP contribution in [0.3, 0.4) is 0 Å². The number of hydrogen-bond acceptors (Lipinski definition) is 4. The molecule has 1 saturated heterocycles. The maximum Gasteiger partial charge on any atom is 0.246 e. The number of carbonyl (C=O) groups excluding carboxylic acids is 2. The van der Waals surface area contributed by atoms with Crippen LogP contribution < -0.4 is 4.90 Å². The number of carbonyl (C=O) groups is 2. The van der Waals surface area contributed by atoms with E-state index in [1.165, 1.54) is 12.1 Å². The second kappa shape index (κ2) is 7.57. The summed E-state index contributed by atoms with van der Waals surface area (Å²) in [5.41, 5.74) is 1.61. The summed E-state index contributed by atoms with van der Waals surface area (Å²) in [6, 6.07) is 15.9. The Labute approximate surface area is 164 Å². The SMILES string of the molecule is O=C(Cn1ccc2ccccc21)N1CCN(c2ccc(S(=O)[O-])cc2)C(=O)C1. The van der Waals surface area contributed by atoms with Crippen LogP contribution in [0.5, 0.6) is 0 Å². The predicted molar refractivity (Wildman–Crippen MR) is 104 cm³/mol. The lowest BCUT2D eigenvalue weighted by Crippen LogP contribution is -2.53. The highest BCUT2D eigenvalue weighted by atomic mass is 32.2. The van der Waals surface area contributed by atoms with Crippen LogP contribution in [0, 0.1) is 0 Å². The molecule has 1 aliphatic heterocycles. The summed E-state index contributed by atoms with van der Waals surface area (Å²) in [5, 5.41) is 1.07. The summed E-state index contributed by atoms with van der Waals surface area (Å²) in [6.45, 7) is 0.994. The van der Waals surface area contributed by atoms with Crippen molar-refractivity contribution in [3.63, 3.8) is 0 Å². The van der Waals surface area contributed by atoms with Crippen molar-refractivity contribution < 1.29 is 18.4 Å². The molecule has 0 aliphatic carbocycles. The fourth-order valence-electron chi connectivity index (χ4n) is 3.42. The van der Waals surface area contributed by atoms with Crippen LogP contribution in [0.15, 0.2) is 65.7 Å². The van der Waals surface area contributed by atoms with E-state index in [9.17, 15) is 18.4 Å². The largest absolute Gasteiger partial charge is 0.768 e. The molecule has 1 atom stereocenters. The molecule has 1 fully saturated rings. The third-order valence-electron chi connectivity index (χ3n) is 4.90. The third kappa shape index (κ3) is 3.56. The Bertz CT molecular complexity index is 1060. The number of fused-ring (bicyclic) bond motifs is 1. The first kappa shape index (κ1) is 18.4. The van der Waals surface area contributed by atoms with Gasteiger partial charge < -0.3 is 18.9 Å². The first-order chi connectivity index (χ1) is 13.5. The number of anilines is 1. The van der Waals surface area contributed by atoms with Crippen LogP contribution in [-0.2, 0) is 27.2 Å². The highest BCUT2D eigenvalue weighted by molar-refractivity contribution is 7.79. The molecule has 3 aromatic rings. The van der Waals surface area contributed by atoms with Gasteiger partial charge in [0.1, 0.15) is 13.1 Å². The number of nitrogens with zero attached hydrogens (tertiary/aromatic N) is 3. The fourth-order valence-corrected chi connectivity index (χ4v) is 3.78. The molecule has 2 aromatic carbocycles. The van der Waals surface area contributed by atoms with Crippen LogP contribution in [0.1, 0.15) is 0 Å². The van der Waals surface area contributed by atoms with E-state index < -0.39 is 11.1 Å². The Morgan fingerprint density at radius 3 is 2.50 bits per heavy atom. The summed E-state index contributed by atoms with van der Waals surface area (Å²) in [4.78, 5) is 28.5. The molecule has 1 aromatic heterocycles. The van der Waals surface area contributed by atoms with Crippen molar-refractivity contribution in [1.29, 1.82) is 0 Å². The fraction of sp³-hybridized carbons (Fsp3) is 0.200. The average molecular weight is 396 g/mol. The minimum atomic E-state index is -2.30. The molecule has 28 heavy (non-hydrogen) atoms. The molecule has 0 spiro atoms. The van der Waals surface area contributed by atoms with Gasteiger partial charge in [-0.3, -0.25) is 13.8 Å². The first-order valence-electron chi connectivity index (χ1n) is 8.84. The van der Waals surface area contributed by atoms with Gasteiger partial charge in [-0.1, -0.05) is 18.2 Å². The van der Waals surface area contributed by atoms with Crippen molar-refractivity contribution >= 4 is 39.5 Å². The molecule has 0 bridgehead atoms. The van der Waals surface area contributed by atoms with Gasteiger partial charge in [-0.25, -0.2) is 0 Å². The number of piperazine rings is 1. The highest BCUT2D eigenvalue weighted by Crippen LogP contribution is 2.20. The summed E-state index contributed by atoms with van der Waals surface area (Å²) >= 11 is -2.30. The summed E-state index contributed by atoms with van der Waals surface area (Å²) in [7, 11) is 0. The van der Waals surface area contributed by atoms with Crippen LogP contribution in [0.25, 0.3) is 10.9 Å². The zero-order valence-electron chi connectivity index (χ0n) is 15.0. The molecule has 1 unspecified atom stereocenters. The van der Waals surface area contributed by atoms with Gasteiger partial charge >= 0.3 is 0 Å². The molecule has 4 rings (SSSR count). The Hall–Kier alpha value is -2.97. The monoisotopic (exact) mass is 396 g/mol. The minimum absolute atomic E-state index is 0.00721. The van der Waals surface area contributed by atoms with Crippen molar-refractivity contribution in [3.05, 3.63) is 60.8 Å². The summed E-state index contributed by atoms with van der Waals surface area (Å²) < 4.78 is 23.8. The average Bonchev–Trinajstić information content (AvgIpc) is 3.11. The third-order valence-corrected chi connectivity index (χ3v) is 5.56. The Morgan fingerprint density at radius 2 is 1.79 bits per heavy atom. The van der Waals surface area contributed by atoms with Gasteiger partial charge in [0.05, 0.1) is 0 Å². The normalized spacial score (nSPS) is 15.8. The molecule has 2 heterocycles. The number of aromatic nitrogens is 1. The standard InChI is InChI=1S/C20H19N3O4S/c24-19(13-21-10-9-15-3-1-2-4-18(15)21)22-11-12-23(20(25)14-22)16-5-7-17(8-6-16)28(26)27/h1-10H,11-14H2,(H,26,27)/p-1. The van der Waals surface area contributed by atoms with Crippen molar-refractivity contribution in [2.75, 3.05) is 24.5 Å². The topological polar surface area (TPSA) is 85.7 Å². The van der Waals surface area contributed by atoms with E-state index in [1.54, 1.807) is 21.9 Å². The molecular weight excluding hydrogens is 378 g/mol. The predicted octanol–water partition coefficient (Wildman–Crippen LogP) is 1.75. The van der Waals surface area contributed by atoms with Gasteiger partial charge in [-0.2, -0.15) is 0 Å². The smallest absolute Gasteiger partial charge is 0.246 e. The van der Waals surface area contributed by atoms with E-state index in [-0.39, 0.29) is 29.8 Å². The molecule has 8 heteroatoms.